The summed E-state index contributed by atoms with van der Waals surface area (Å²) >= 11 is 0. The Morgan fingerprint density at radius 1 is 0.308 bits per heavy atom. The lowest BCUT2D eigenvalue weighted by Crippen LogP contribution is -2.33. The van der Waals surface area contributed by atoms with Crippen LogP contribution >= 0.6 is 14.5 Å². The van der Waals surface area contributed by atoms with Crippen molar-refractivity contribution in [2.24, 2.45) is 0 Å². The summed E-state index contributed by atoms with van der Waals surface area (Å²) in [7, 11) is -3.49. The van der Waals surface area contributed by atoms with Crippen molar-refractivity contribution in [1.82, 2.24) is 0 Å². The summed E-state index contributed by atoms with van der Waals surface area (Å²) in [4.78, 5) is 0. The molecule has 0 heterocycles. The average Bonchev–Trinajstić information content (AvgIpc) is 3.68. The van der Waals surface area contributed by atoms with E-state index in [9.17, 15) is 0 Å². The zero-order valence-corrected chi connectivity index (χ0v) is 48.4. The molecule has 0 bridgehead atoms. The van der Waals surface area contributed by atoms with Gasteiger partial charge in [0.2, 0.25) is 0 Å². The highest BCUT2D eigenvalue weighted by molar-refractivity contribution is 7.96. The van der Waals surface area contributed by atoms with Crippen molar-refractivity contribution in [3.05, 3.63) is 255 Å². The molecule has 2 nitrogen and oxygen atoms in total. The second-order valence-electron chi connectivity index (χ2n) is 21.1. The van der Waals surface area contributed by atoms with E-state index in [1.165, 1.54) is 145 Å². The molecular weight excluding hydrogens is 983 g/mol. The quantitative estimate of drug-likeness (QED) is 0.0224. The summed E-state index contributed by atoms with van der Waals surface area (Å²) in [6, 6.07) is 81.2. The summed E-state index contributed by atoms with van der Waals surface area (Å²) in [5.41, 5.74) is 4.70. The van der Waals surface area contributed by atoms with E-state index in [0.29, 0.717) is 0 Å². The monoisotopic (exact) mass is 1070 g/mol. The Morgan fingerprint density at radius 3 is 0.987 bits per heavy atom. The van der Waals surface area contributed by atoms with E-state index in [1.54, 1.807) is 0 Å². The third-order valence-corrected chi connectivity index (χ3v) is 24.7. The molecule has 402 valence electrons. The molecule has 4 heteroatoms. The minimum Gasteiger partial charge on any atom is -0.493 e. The van der Waals surface area contributed by atoms with Crippen molar-refractivity contribution in [1.29, 1.82) is 0 Å². The summed E-state index contributed by atoms with van der Waals surface area (Å²) in [5.74, 6) is 1.91. The van der Waals surface area contributed by atoms with Crippen molar-refractivity contribution >= 4 is 46.4 Å². The lowest BCUT2D eigenvalue weighted by molar-refractivity contribution is 0.301. The molecule has 78 heavy (non-hydrogen) atoms. The molecule has 8 aromatic carbocycles. The second kappa shape index (κ2) is 31.9. The van der Waals surface area contributed by atoms with Gasteiger partial charge in [0.15, 0.2) is 0 Å². The Labute approximate surface area is 471 Å². The number of ether oxygens (including phenoxy) is 2. The maximum absolute atomic E-state index is 6.59. The SMILES string of the molecule is C=CCc1ccc(OCCCCCCCCCC[P+](c2ccccc2)(c2ccccc2)c2ccccc2)c(-c2ccc(OCCCCCCCCCC[P+](c3ccccc3)(c3ccccc3)c3ccccc3)c(CC=C)c2)c1. The summed E-state index contributed by atoms with van der Waals surface area (Å²) < 4.78 is 13.1. The molecule has 0 fully saturated rings. The van der Waals surface area contributed by atoms with Gasteiger partial charge < -0.3 is 9.47 Å². The van der Waals surface area contributed by atoms with Crippen LogP contribution in [0.5, 0.6) is 11.5 Å². The highest BCUT2D eigenvalue weighted by Gasteiger charge is 2.45. The minimum absolute atomic E-state index is 0.721. The van der Waals surface area contributed by atoms with Crippen LogP contribution in [0.2, 0.25) is 0 Å². The van der Waals surface area contributed by atoms with Crippen LogP contribution in [0.4, 0.5) is 0 Å². The van der Waals surface area contributed by atoms with Crippen LogP contribution in [0.1, 0.15) is 114 Å². The van der Waals surface area contributed by atoms with Gasteiger partial charge in [-0.2, -0.15) is 0 Å². The van der Waals surface area contributed by atoms with Gasteiger partial charge in [-0.05, 0) is 165 Å². The Morgan fingerprint density at radius 2 is 0.628 bits per heavy atom. The van der Waals surface area contributed by atoms with E-state index < -0.39 is 14.5 Å². The molecule has 0 atom stereocenters. The first-order chi connectivity index (χ1) is 38.7. The number of rotatable bonds is 35. The molecule has 0 saturated heterocycles. The predicted molar refractivity (Wildman–Crippen MR) is 345 cm³/mol. The molecule has 8 rings (SSSR count). The Balaban J connectivity index is 0.749. The van der Waals surface area contributed by atoms with Crippen LogP contribution in [0.3, 0.4) is 0 Å². The molecule has 0 saturated carbocycles. The molecule has 0 aliphatic heterocycles. The fourth-order valence-corrected chi connectivity index (χ4v) is 20.4. The van der Waals surface area contributed by atoms with Gasteiger partial charge in [-0.3, -0.25) is 0 Å². The molecule has 0 unspecified atom stereocenters. The smallest absolute Gasteiger partial charge is 0.127 e. The largest absolute Gasteiger partial charge is 0.493 e. The van der Waals surface area contributed by atoms with Gasteiger partial charge in [0.05, 0.1) is 25.5 Å². The zero-order chi connectivity index (χ0) is 53.8. The molecule has 0 aliphatic carbocycles. The van der Waals surface area contributed by atoms with Crippen LogP contribution in [0.15, 0.2) is 244 Å². The van der Waals surface area contributed by atoms with Gasteiger partial charge in [0, 0.05) is 5.56 Å². The molecule has 0 radical (unpaired) electrons. The number of hydrogen-bond donors (Lipinski definition) is 0. The third-order valence-electron chi connectivity index (χ3n) is 15.6. The number of unbranched alkanes of at least 4 members (excludes halogenated alkanes) is 14. The van der Waals surface area contributed by atoms with E-state index in [0.717, 1.165) is 61.5 Å². The van der Waals surface area contributed by atoms with Crippen molar-refractivity contribution in [3.63, 3.8) is 0 Å². The van der Waals surface area contributed by atoms with Gasteiger partial charge in [-0.15, -0.1) is 13.2 Å². The van der Waals surface area contributed by atoms with Crippen LogP contribution in [0, 0.1) is 0 Å². The Bertz CT molecular complexity index is 2750. The van der Waals surface area contributed by atoms with E-state index in [1.807, 2.05) is 12.2 Å². The molecule has 0 aromatic heterocycles. The molecule has 0 aliphatic rings. The number of benzene rings is 8. The Kier molecular flexibility index (Phi) is 23.7. The maximum Gasteiger partial charge on any atom is 0.127 e. The first-order valence-electron chi connectivity index (χ1n) is 29.5. The van der Waals surface area contributed by atoms with Gasteiger partial charge in [0.25, 0.3) is 0 Å². The fourth-order valence-electron chi connectivity index (χ4n) is 11.6. The second-order valence-corrected chi connectivity index (χ2v) is 28.3. The van der Waals surface area contributed by atoms with E-state index in [2.05, 4.69) is 232 Å². The lowest BCUT2D eigenvalue weighted by atomic mass is 9.97. The van der Waals surface area contributed by atoms with Crippen LogP contribution in [0.25, 0.3) is 11.1 Å². The maximum atomic E-state index is 6.59. The van der Waals surface area contributed by atoms with Crippen LogP contribution in [-0.2, 0) is 12.8 Å². The van der Waals surface area contributed by atoms with Gasteiger partial charge in [-0.1, -0.05) is 198 Å². The molecular formula is C74H86O2P2+2. The molecule has 0 N–H and O–H groups in total. The highest BCUT2D eigenvalue weighted by Crippen LogP contribution is 2.57. The van der Waals surface area contributed by atoms with E-state index in [-0.39, 0.29) is 0 Å². The fraction of sp³-hybridized carbons (Fsp3) is 0.297. The van der Waals surface area contributed by atoms with Crippen molar-refractivity contribution in [2.75, 3.05) is 25.5 Å². The normalized spacial score (nSPS) is 11.5. The predicted octanol–water partition coefficient (Wildman–Crippen LogP) is 17.8. The number of hydrogen-bond acceptors (Lipinski definition) is 2. The molecule has 8 aromatic rings. The Hall–Kier alpha value is -6.30. The first-order valence-corrected chi connectivity index (χ1v) is 33.4. The van der Waals surface area contributed by atoms with Crippen LogP contribution in [-0.4, -0.2) is 25.5 Å². The standard InChI is InChI=1S/C74H86O2P2/c1-3-39-63-53-55-74(76-58-36-14-10-6-8-12-16-38-60-78(69-47-29-20-30-48-69,70-49-31-21-32-50-70)71-51-33-22-34-52-71)72(61-63)64-54-56-73(65(62-64)40-4-2)75-57-35-13-9-5-7-11-15-37-59-77(66-41-23-17-24-42-66,67-43-25-18-26-44-67)68-45-27-19-28-46-68/h3-4,17-34,41-56,61-62H,1-2,5-16,35-40,57-60H2/q+2. The van der Waals surface area contributed by atoms with Crippen LogP contribution < -0.4 is 41.3 Å². The summed E-state index contributed by atoms with van der Waals surface area (Å²) in [6.07, 6.45) is 27.7. The van der Waals surface area contributed by atoms with Gasteiger partial charge in [0.1, 0.15) is 57.9 Å². The third kappa shape index (κ3) is 15.9. The van der Waals surface area contributed by atoms with E-state index >= 15 is 0 Å². The van der Waals surface area contributed by atoms with E-state index in [4.69, 9.17) is 9.47 Å². The molecule has 0 spiro atoms. The highest BCUT2D eigenvalue weighted by atomic mass is 31.2. The first kappa shape index (κ1) is 57.9. The van der Waals surface area contributed by atoms with Gasteiger partial charge in [-0.25, -0.2) is 0 Å². The average molecular weight is 1070 g/mol. The zero-order valence-electron chi connectivity index (χ0n) is 46.6. The summed E-state index contributed by atoms with van der Waals surface area (Å²) in [5, 5.41) is 8.92. The van der Waals surface area contributed by atoms with Crippen molar-refractivity contribution < 1.29 is 9.47 Å². The topological polar surface area (TPSA) is 18.5 Å². The van der Waals surface area contributed by atoms with Crippen molar-refractivity contribution in [3.8, 4) is 22.6 Å². The van der Waals surface area contributed by atoms with Crippen molar-refractivity contribution in [2.45, 2.75) is 116 Å². The number of allylic oxidation sites excluding steroid dienone is 2. The summed E-state index contributed by atoms with van der Waals surface area (Å²) in [6.45, 7) is 9.58. The molecule has 0 amide bonds. The van der Waals surface area contributed by atoms with Gasteiger partial charge >= 0.3 is 0 Å². The lowest BCUT2D eigenvalue weighted by Gasteiger charge is -2.27. The minimum atomic E-state index is -1.75.